The second-order valence-corrected chi connectivity index (χ2v) is 5.42. The van der Waals surface area contributed by atoms with Gasteiger partial charge in [-0.2, -0.15) is 0 Å². The summed E-state index contributed by atoms with van der Waals surface area (Å²) in [4.78, 5) is 0. The van der Waals surface area contributed by atoms with Gasteiger partial charge in [0.1, 0.15) is 11.4 Å². The maximum absolute atomic E-state index is 5.95. The Bertz CT molecular complexity index is 350. The Kier molecular flexibility index (Phi) is 1.88. The van der Waals surface area contributed by atoms with Gasteiger partial charge in [-0.15, -0.1) is 0 Å². The second-order valence-electron chi connectivity index (χ2n) is 5.42. The quantitative estimate of drug-likeness (QED) is 0.608. The van der Waals surface area contributed by atoms with E-state index in [1.807, 2.05) is 6.07 Å². The van der Waals surface area contributed by atoms with Crippen molar-refractivity contribution in [1.82, 2.24) is 0 Å². The van der Waals surface area contributed by atoms with Crippen molar-refractivity contribution in [3.05, 3.63) is 29.8 Å². The topological polar surface area (TPSA) is 9.23 Å². The molecule has 1 aliphatic rings. The molecule has 1 heterocycles. The first-order chi connectivity index (χ1) is 6.41. The summed E-state index contributed by atoms with van der Waals surface area (Å²) in [5, 5.41) is 0. The van der Waals surface area contributed by atoms with Gasteiger partial charge in [-0.25, -0.2) is 0 Å². The summed E-state index contributed by atoms with van der Waals surface area (Å²) in [5.74, 6) is 1.05. The van der Waals surface area contributed by atoms with Gasteiger partial charge in [0.15, 0.2) is 0 Å². The van der Waals surface area contributed by atoms with Crippen LogP contribution in [0, 0.1) is 0 Å². The van der Waals surface area contributed by atoms with Crippen molar-refractivity contribution in [3.8, 4) is 5.75 Å². The smallest absolute Gasteiger partial charge is 0.123 e. The van der Waals surface area contributed by atoms with Crippen LogP contribution in [-0.4, -0.2) is 5.60 Å². The molecule has 1 aromatic rings. The summed E-state index contributed by atoms with van der Waals surface area (Å²) < 4.78 is 5.95. The summed E-state index contributed by atoms with van der Waals surface area (Å²) in [6.45, 7) is 8.89. The van der Waals surface area contributed by atoms with E-state index in [0.717, 1.165) is 12.2 Å². The molecule has 14 heavy (non-hydrogen) atoms. The molecule has 0 saturated carbocycles. The lowest BCUT2D eigenvalue weighted by Crippen LogP contribution is -2.41. The molecule has 1 aliphatic heterocycles. The second kappa shape index (κ2) is 2.75. The van der Waals surface area contributed by atoms with E-state index in [2.05, 4.69) is 45.9 Å². The van der Waals surface area contributed by atoms with Crippen LogP contribution in [0.3, 0.4) is 0 Å². The van der Waals surface area contributed by atoms with Crippen molar-refractivity contribution in [2.75, 3.05) is 0 Å². The van der Waals surface area contributed by atoms with E-state index in [0.29, 0.717) is 0 Å². The van der Waals surface area contributed by atoms with Crippen LogP contribution in [0.25, 0.3) is 0 Å². The summed E-state index contributed by atoms with van der Waals surface area (Å²) >= 11 is 0. The number of rotatable bonds is 0. The van der Waals surface area contributed by atoms with E-state index in [9.17, 15) is 0 Å². The van der Waals surface area contributed by atoms with Gasteiger partial charge in [0.25, 0.3) is 0 Å². The molecular weight excluding hydrogens is 172 g/mol. The van der Waals surface area contributed by atoms with Gasteiger partial charge in [0.2, 0.25) is 0 Å². The summed E-state index contributed by atoms with van der Waals surface area (Å²) in [6.07, 6.45) is 1.07. The molecule has 0 amide bonds. The monoisotopic (exact) mass is 190 g/mol. The molecule has 0 unspecified atom stereocenters. The maximum Gasteiger partial charge on any atom is 0.123 e. The van der Waals surface area contributed by atoms with Crippen LogP contribution in [0.4, 0.5) is 0 Å². The van der Waals surface area contributed by atoms with E-state index < -0.39 is 0 Å². The fourth-order valence-corrected chi connectivity index (χ4v) is 2.61. The standard InChI is InChI=1S/C13H18O/c1-12(2)9-13(3,4)14-11-8-6-5-7-10(11)12/h5-8H,9H2,1-4H3. The highest BCUT2D eigenvalue weighted by molar-refractivity contribution is 5.41. The molecule has 0 bridgehead atoms. The van der Waals surface area contributed by atoms with Crippen molar-refractivity contribution in [1.29, 1.82) is 0 Å². The van der Waals surface area contributed by atoms with Crippen LogP contribution in [-0.2, 0) is 5.41 Å². The lowest BCUT2D eigenvalue weighted by molar-refractivity contribution is 0.0534. The maximum atomic E-state index is 5.95. The Morgan fingerprint density at radius 1 is 1.07 bits per heavy atom. The summed E-state index contributed by atoms with van der Waals surface area (Å²) in [5.41, 5.74) is 1.51. The Morgan fingerprint density at radius 3 is 2.43 bits per heavy atom. The van der Waals surface area contributed by atoms with Gasteiger partial charge in [0.05, 0.1) is 0 Å². The van der Waals surface area contributed by atoms with Gasteiger partial charge in [0, 0.05) is 0 Å². The molecule has 1 nitrogen and oxygen atoms in total. The minimum atomic E-state index is -0.0438. The number of fused-ring (bicyclic) bond motifs is 1. The minimum Gasteiger partial charge on any atom is -0.488 e. The van der Waals surface area contributed by atoms with Crippen molar-refractivity contribution in [2.24, 2.45) is 0 Å². The van der Waals surface area contributed by atoms with Crippen molar-refractivity contribution < 1.29 is 4.74 Å². The third-order valence-electron chi connectivity index (χ3n) is 2.87. The number of para-hydroxylation sites is 1. The van der Waals surface area contributed by atoms with E-state index in [-0.39, 0.29) is 11.0 Å². The van der Waals surface area contributed by atoms with Crippen LogP contribution in [0.1, 0.15) is 39.7 Å². The highest BCUT2D eigenvalue weighted by Crippen LogP contribution is 2.44. The van der Waals surface area contributed by atoms with E-state index in [1.54, 1.807) is 0 Å². The van der Waals surface area contributed by atoms with Crippen LogP contribution in [0.5, 0.6) is 5.75 Å². The molecule has 0 aromatic heterocycles. The first-order valence-corrected chi connectivity index (χ1v) is 5.19. The van der Waals surface area contributed by atoms with E-state index in [4.69, 9.17) is 4.74 Å². The largest absolute Gasteiger partial charge is 0.488 e. The Morgan fingerprint density at radius 2 is 1.71 bits per heavy atom. The van der Waals surface area contributed by atoms with Crippen LogP contribution in [0.15, 0.2) is 24.3 Å². The van der Waals surface area contributed by atoms with Crippen LogP contribution >= 0.6 is 0 Å². The molecule has 0 aliphatic carbocycles. The number of benzene rings is 1. The normalized spacial score (nSPS) is 22.3. The van der Waals surface area contributed by atoms with E-state index >= 15 is 0 Å². The summed E-state index contributed by atoms with van der Waals surface area (Å²) in [6, 6.07) is 8.36. The minimum absolute atomic E-state index is 0.0438. The van der Waals surface area contributed by atoms with Crippen LogP contribution < -0.4 is 4.74 Å². The third-order valence-corrected chi connectivity index (χ3v) is 2.87. The third kappa shape index (κ3) is 1.52. The van der Waals surface area contributed by atoms with E-state index in [1.165, 1.54) is 5.56 Å². The van der Waals surface area contributed by atoms with Crippen molar-refractivity contribution in [3.63, 3.8) is 0 Å². The first kappa shape index (κ1) is 9.57. The molecule has 1 heteroatoms. The zero-order chi connectivity index (χ0) is 10.4. The van der Waals surface area contributed by atoms with Gasteiger partial charge >= 0.3 is 0 Å². The molecular formula is C13H18O. The van der Waals surface area contributed by atoms with Gasteiger partial charge in [-0.3, -0.25) is 0 Å². The predicted molar refractivity (Wildman–Crippen MR) is 58.8 cm³/mol. The zero-order valence-electron chi connectivity index (χ0n) is 9.42. The molecule has 0 spiro atoms. The molecule has 0 atom stereocenters. The molecule has 0 fully saturated rings. The zero-order valence-corrected chi connectivity index (χ0v) is 9.42. The summed E-state index contributed by atoms with van der Waals surface area (Å²) in [7, 11) is 0. The average molecular weight is 190 g/mol. The van der Waals surface area contributed by atoms with Crippen molar-refractivity contribution >= 4 is 0 Å². The lowest BCUT2D eigenvalue weighted by atomic mass is 9.74. The molecule has 0 N–H and O–H groups in total. The number of hydrogen-bond donors (Lipinski definition) is 0. The lowest BCUT2D eigenvalue weighted by Gasteiger charge is -2.42. The van der Waals surface area contributed by atoms with Gasteiger partial charge in [-0.1, -0.05) is 32.0 Å². The Hall–Kier alpha value is -0.980. The Balaban J connectivity index is 2.52. The van der Waals surface area contributed by atoms with Crippen molar-refractivity contribution in [2.45, 2.75) is 45.1 Å². The predicted octanol–water partition coefficient (Wildman–Crippen LogP) is 3.53. The molecule has 0 saturated heterocycles. The van der Waals surface area contributed by atoms with Gasteiger partial charge in [-0.05, 0) is 37.3 Å². The fourth-order valence-electron chi connectivity index (χ4n) is 2.61. The number of ether oxygens (including phenoxy) is 1. The first-order valence-electron chi connectivity index (χ1n) is 5.19. The van der Waals surface area contributed by atoms with Gasteiger partial charge < -0.3 is 4.74 Å². The fraction of sp³-hybridized carbons (Fsp3) is 0.538. The van der Waals surface area contributed by atoms with Crippen LogP contribution in [0.2, 0.25) is 0 Å². The average Bonchev–Trinajstić information content (AvgIpc) is 2.00. The molecule has 1 aromatic carbocycles. The highest BCUT2D eigenvalue weighted by atomic mass is 16.5. The molecule has 0 radical (unpaired) electrons. The number of hydrogen-bond acceptors (Lipinski definition) is 1. The molecule has 2 rings (SSSR count). The SMILES string of the molecule is CC1(C)CC(C)(C)c2ccccc2O1. The highest BCUT2D eigenvalue weighted by Gasteiger charge is 2.38. The molecule has 76 valence electrons. The Labute approximate surface area is 86.1 Å².